The molecule has 0 spiro atoms. The molecular weight excluding hydrogens is 1170 g/mol. The summed E-state index contributed by atoms with van der Waals surface area (Å²) in [7, 11) is 60.1. The summed E-state index contributed by atoms with van der Waals surface area (Å²) in [5.41, 5.74) is 0. The van der Waals surface area contributed by atoms with Gasteiger partial charge < -0.3 is 0 Å². The van der Waals surface area contributed by atoms with Gasteiger partial charge in [-0.2, -0.15) is 0 Å². The molecule has 0 N–H and O–H groups in total. The Kier molecular flexibility index (Phi) is 52.8. The van der Waals surface area contributed by atoms with E-state index in [9.17, 15) is 0 Å². The molecule has 220 valence electrons. The fraction of sp³-hybridized carbons (Fsp3) is 0. The van der Waals surface area contributed by atoms with Gasteiger partial charge in [-0.3, -0.25) is 0 Å². The van der Waals surface area contributed by atoms with Crippen LogP contribution in [-0.2, 0) is 314 Å². The van der Waals surface area contributed by atoms with Crippen molar-refractivity contribution in [1.29, 1.82) is 0 Å². The Labute approximate surface area is 321 Å². The van der Waals surface area contributed by atoms with Gasteiger partial charge in [-0.25, -0.2) is 0 Å². The van der Waals surface area contributed by atoms with E-state index in [0.717, 1.165) is 0 Å². The van der Waals surface area contributed by atoms with Crippen LogP contribution in [0.3, 0.4) is 0 Å². The second-order valence-corrected chi connectivity index (χ2v) is 62.1. The Morgan fingerprint density at radius 3 is 0.568 bits per heavy atom. The largest absolute Gasteiger partial charge is 0.0298 e. The zero-order chi connectivity index (χ0) is 26.7. The van der Waals surface area contributed by atoms with Gasteiger partial charge in [0.25, 0.3) is 0 Å². The highest BCUT2D eigenvalue weighted by Gasteiger charge is 1.44. The molecule has 0 aromatic rings. The topological polar surface area (TPSA) is 0 Å². The molecule has 0 saturated heterocycles. The summed E-state index contributed by atoms with van der Waals surface area (Å²) < 4.78 is 2.62. The summed E-state index contributed by atoms with van der Waals surface area (Å²) in [4.78, 5) is 0. The Morgan fingerprint density at radius 2 is 0.405 bits per heavy atom. The first kappa shape index (κ1) is 44.7. The molecule has 0 aromatic carbocycles. The molecule has 0 aliphatic carbocycles. The van der Waals surface area contributed by atoms with Gasteiger partial charge in [0.2, 0.25) is 0 Å². The minimum atomic E-state index is 1.37. The van der Waals surface area contributed by atoms with Gasteiger partial charge in [0.05, 0.1) is 0 Å². The Balaban J connectivity index is 6.01. The molecule has 36 heteroatoms. The molecule has 0 aliphatic heterocycles. The summed E-state index contributed by atoms with van der Waals surface area (Å²) >= 11 is 9.43. The van der Waals surface area contributed by atoms with E-state index >= 15 is 0 Å². The molecule has 0 heterocycles. The molecule has 0 saturated carbocycles. The van der Waals surface area contributed by atoms with E-state index in [2.05, 4.69) is 16.5 Å². The maximum absolute atomic E-state index is 4.80. The van der Waals surface area contributed by atoms with E-state index in [-0.39, 0.29) is 0 Å². The minimum Gasteiger partial charge on any atom is -0.0148 e. The van der Waals surface area contributed by atoms with Crippen molar-refractivity contribution in [2.45, 2.75) is 0 Å². The van der Waals surface area contributed by atoms with Crippen LogP contribution in [-0.4, -0.2) is 4.31 Å². The van der Waals surface area contributed by atoms with Crippen molar-refractivity contribution in [2.75, 3.05) is 0 Å². The fourth-order valence-corrected chi connectivity index (χ4v) is 87.7. The summed E-state index contributed by atoms with van der Waals surface area (Å²) in [5, 5.41) is 0. The molecular formula is CS36. The highest BCUT2D eigenvalue weighted by Crippen LogP contribution is 1.44. The molecule has 0 aliphatic rings. The van der Waals surface area contributed by atoms with Crippen molar-refractivity contribution >= 4 is 331 Å². The summed E-state index contributed by atoms with van der Waals surface area (Å²) in [5.74, 6) is 0. The summed E-state index contributed by atoms with van der Waals surface area (Å²) in [6.07, 6.45) is 0. The smallest absolute Gasteiger partial charge is 0.0148 e. The number of hydrogen-bond donors (Lipinski definition) is 0. The quantitative estimate of drug-likeness (QED) is 0.321. The zero-order valence-electron chi connectivity index (χ0n) is 15.2. The fourth-order valence-electron chi connectivity index (χ4n) is 0.379. The lowest BCUT2D eigenvalue weighted by molar-refractivity contribution is 4.64. The second kappa shape index (κ2) is 43.7. The van der Waals surface area contributed by atoms with Crippen LogP contribution in [0.2, 0.25) is 0 Å². The number of thiocarbonyl (C=S) groups is 1. The van der Waals surface area contributed by atoms with Gasteiger partial charge in [-0.1, -0.05) is 0 Å². The average Bonchev–Trinajstić information content (AvgIpc) is 2.91. The zero-order valence-corrected chi connectivity index (χ0v) is 44.6. The van der Waals surface area contributed by atoms with E-state index < -0.39 is 0 Å². The first-order valence-corrected chi connectivity index (χ1v) is 52.2. The molecule has 0 rings (SSSR count). The number of rotatable bonds is 0. The normalized spacial score (nSPS) is 7.57. The predicted molar refractivity (Wildman–Crippen MR) is 270 cm³/mol. The van der Waals surface area contributed by atoms with Crippen molar-refractivity contribution in [3.05, 3.63) is 0 Å². The summed E-state index contributed by atoms with van der Waals surface area (Å²) in [6.45, 7) is 0. The van der Waals surface area contributed by atoms with Gasteiger partial charge in [0, 0.05) is 238 Å². The van der Waals surface area contributed by atoms with Crippen molar-refractivity contribution in [2.24, 2.45) is 0 Å². The van der Waals surface area contributed by atoms with Gasteiger partial charge in [-0.05, 0) is 93.2 Å². The highest BCUT2D eigenvalue weighted by atomic mass is 33.5. The number of hydrogen-bond acceptors (Lipinski definition) is 2. The van der Waals surface area contributed by atoms with E-state index in [0.29, 0.717) is 0 Å². The predicted octanol–water partition coefficient (Wildman–Crippen LogP) is 0.286. The second-order valence-electron chi connectivity index (χ2n) is 2.41. The van der Waals surface area contributed by atoms with Crippen LogP contribution in [0.4, 0.5) is 0 Å². The van der Waals surface area contributed by atoms with E-state index in [1.54, 1.807) is 115 Å². The van der Waals surface area contributed by atoms with Gasteiger partial charge in [0.15, 0.2) is 0 Å². The molecule has 0 aromatic heterocycles. The van der Waals surface area contributed by atoms with Crippen LogP contribution in [0.5, 0.6) is 0 Å². The molecule has 0 unspecified atom stereocenters. The maximum atomic E-state index is 4.80. The van der Waals surface area contributed by atoms with E-state index in [1.165, 1.54) is 18.8 Å². The highest BCUT2D eigenvalue weighted by molar-refractivity contribution is 8.80. The van der Waals surface area contributed by atoms with Crippen molar-refractivity contribution < 1.29 is 0 Å². The van der Waals surface area contributed by atoms with E-state index in [1.807, 2.05) is 169 Å². The van der Waals surface area contributed by atoms with E-state index in [4.69, 9.17) is 11.2 Å². The Morgan fingerprint density at radius 1 is 0.243 bits per heavy atom. The maximum Gasteiger partial charge on any atom is 0.0298 e. The molecule has 0 radical (unpaired) electrons. The average molecular weight is 1170 g/mol. The van der Waals surface area contributed by atoms with Crippen molar-refractivity contribution in [1.82, 2.24) is 0 Å². The van der Waals surface area contributed by atoms with Crippen LogP contribution in [0.1, 0.15) is 0 Å². The lowest BCUT2D eigenvalue weighted by Crippen LogP contribution is -1.41. The van der Waals surface area contributed by atoms with Crippen LogP contribution in [0.25, 0.3) is 0 Å². The summed E-state index contributed by atoms with van der Waals surface area (Å²) in [6, 6.07) is 0. The minimum absolute atomic E-state index is 1.37. The molecule has 0 bridgehead atoms. The molecule has 0 nitrogen and oxygen atoms in total. The van der Waals surface area contributed by atoms with Crippen molar-refractivity contribution in [3.8, 4) is 0 Å². The van der Waals surface area contributed by atoms with Gasteiger partial charge in [-0.15, -0.1) is 0 Å². The van der Waals surface area contributed by atoms with Crippen LogP contribution in [0.15, 0.2) is 0 Å². The molecule has 37 heavy (non-hydrogen) atoms. The Bertz CT molecular complexity index is 2180. The SMILES string of the molecule is S=C=S=S=S=S=S=S=S=S=S=S=S=S=S=S=S=S=S=S=S=S=S=S=S=S=S=S=S=S=S=S=S=S=S=S=S. The first-order chi connectivity index (χ1) is 18.4. The standard InChI is InChI=1S/CS36/c2-1-4-6-8-10-12-14-16-18-20-22-24-26-28-30-32-34-36-37-35-33-31-29-27-25-23-21-19-17-15-13-11-9-7-5-3. The lowest BCUT2D eigenvalue weighted by atomic mass is 12.0. The van der Waals surface area contributed by atoms with Gasteiger partial charge >= 0.3 is 0 Å². The Hall–Kier alpha value is 7.70. The third kappa shape index (κ3) is 43.7. The van der Waals surface area contributed by atoms with Crippen molar-refractivity contribution in [3.63, 3.8) is 0 Å². The van der Waals surface area contributed by atoms with Crippen LogP contribution < -0.4 is 0 Å². The monoisotopic (exact) mass is 1160 g/mol. The third-order valence-corrected chi connectivity index (χ3v) is 73.8. The molecule has 0 amide bonds. The van der Waals surface area contributed by atoms with Crippen LogP contribution in [0, 0.1) is 0 Å². The first-order valence-electron chi connectivity index (χ1n) is 6.07. The third-order valence-electron chi connectivity index (χ3n) is 0.957. The molecule has 0 fully saturated rings. The van der Waals surface area contributed by atoms with Gasteiger partial charge in [0.1, 0.15) is 0 Å². The van der Waals surface area contributed by atoms with Crippen LogP contribution >= 0.6 is 12.2 Å². The lowest BCUT2D eigenvalue weighted by Gasteiger charge is -1.41. The molecule has 0 atom stereocenters.